The summed E-state index contributed by atoms with van der Waals surface area (Å²) in [6, 6.07) is 6.29. The molecule has 0 saturated carbocycles. The lowest BCUT2D eigenvalue weighted by Crippen LogP contribution is -2.41. The highest BCUT2D eigenvalue weighted by Gasteiger charge is 2.23. The molecule has 1 aliphatic heterocycles. The van der Waals surface area contributed by atoms with Crippen LogP contribution in [-0.2, 0) is 14.8 Å². The average molecular weight is 297 g/mol. The Morgan fingerprint density at radius 3 is 2.45 bits per heavy atom. The first-order chi connectivity index (χ1) is 9.36. The number of carbonyl (C=O) groups excluding carboxylic acids is 1. The largest absolute Gasteiger partial charge is 0.326 e. The molecule has 1 aromatic carbocycles. The molecule has 4 N–H and O–H groups in total. The van der Waals surface area contributed by atoms with Gasteiger partial charge in [-0.2, -0.15) is 0 Å². The summed E-state index contributed by atoms with van der Waals surface area (Å²) in [5.41, 5.74) is 0.570. The third kappa shape index (κ3) is 3.78. The van der Waals surface area contributed by atoms with Crippen molar-refractivity contribution >= 4 is 21.6 Å². The van der Waals surface area contributed by atoms with Gasteiger partial charge >= 0.3 is 0 Å². The van der Waals surface area contributed by atoms with Crippen molar-refractivity contribution in [2.45, 2.75) is 30.7 Å². The molecule has 1 aliphatic rings. The van der Waals surface area contributed by atoms with Crippen LogP contribution >= 0.6 is 0 Å². The first-order valence-electron chi connectivity index (χ1n) is 6.53. The number of nitrogens with one attached hydrogen (secondary N) is 2. The van der Waals surface area contributed by atoms with Crippen LogP contribution in [0.15, 0.2) is 29.2 Å². The molecule has 2 rings (SSSR count). The van der Waals surface area contributed by atoms with Crippen LogP contribution in [0, 0.1) is 5.92 Å². The molecule has 1 heterocycles. The van der Waals surface area contributed by atoms with Crippen LogP contribution in [0.2, 0.25) is 0 Å². The van der Waals surface area contributed by atoms with E-state index in [-0.39, 0.29) is 16.7 Å². The number of hydrogen-bond acceptors (Lipinski definition) is 4. The summed E-state index contributed by atoms with van der Waals surface area (Å²) in [7, 11) is -3.70. The van der Waals surface area contributed by atoms with Crippen LogP contribution in [-0.4, -0.2) is 26.9 Å². The molecule has 1 saturated heterocycles. The monoisotopic (exact) mass is 297 g/mol. The number of anilines is 1. The summed E-state index contributed by atoms with van der Waals surface area (Å²) >= 11 is 0. The molecule has 0 aliphatic carbocycles. The fourth-order valence-corrected chi connectivity index (χ4v) is 2.71. The van der Waals surface area contributed by atoms with E-state index >= 15 is 0 Å². The maximum Gasteiger partial charge on any atom is 0.238 e. The average Bonchev–Trinajstić information content (AvgIpc) is 2.39. The van der Waals surface area contributed by atoms with Crippen molar-refractivity contribution < 1.29 is 13.2 Å². The number of primary sulfonamides is 1. The lowest BCUT2D eigenvalue weighted by molar-refractivity contribution is -0.120. The van der Waals surface area contributed by atoms with Crippen LogP contribution in [0.1, 0.15) is 19.8 Å². The molecule has 0 bridgehead atoms. The van der Waals surface area contributed by atoms with E-state index in [1.807, 2.05) is 0 Å². The van der Waals surface area contributed by atoms with Crippen molar-refractivity contribution in [3.63, 3.8) is 0 Å². The Hall–Kier alpha value is -1.44. The number of nitrogens with two attached hydrogens (primary N) is 1. The van der Waals surface area contributed by atoms with E-state index in [9.17, 15) is 13.2 Å². The Bertz CT molecular complexity index is 575. The van der Waals surface area contributed by atoms with Gasteiger partial charge in [0, 0.05) is 18.3 Å². The number of amides is 1. The maximum absolute atomic E-state index is 12.1. The summed E-state index contributed by atoms with van der Waals surface area (Å²) in [6.07, 6.45) is 1.83. The highest BCUT2D eigenvalue weighted by molar-refractivity contribution is 7.89. The smallest absolute Gasteiger partial charge is 0.238 e. The van der Waals surface area contributed by atoms with Gasteiger partial charge in [-0.3, -0.25) is 4.79 Å². The van der Waals surface area contributed by atoms with E-state index in [1.54, 1.807) is 0 Å². The molecule has 110 valence electrons. The normalized spacial score (nSPS) is 23.3. The maximum atomic E-state index is 12.1. The molecule has 1 fully saturated rings. The molecule has 6 nitrogen and oxygen atoms in total. The summed E-state index contributed by atoms with van der Waals surface area (Å²) in [4.78, 5) is 12.1. The Labute approximate surface area is 118 Å². The second-order valence-electron chi connectivity index (χ2n) is 5.14. The summed E-state index contributed by atoms with van der Waals surface area (Å²) < 4.78 is 22.3. The van der Waals surface area contributed by atoms with Crippen LogP contribution in [0.4, 0.5) is 5.69 Å². The summed E-state index contributed by atoms with van der Waals surface area (Å²) in [6.45, 7) is 2.77. The van der Waals surface area contributed by atoms with Crippen molar-refractivity contribution in [3.05, 3.63) is 24.3 Å². The summed E-state index contributed by atoms with van der Waals surface area (Å²) in [5.74, 6) is -0.100. The van der Waals surface area contributed by atoms with Crippen LogP contribution in [0.3, 0.4) is 0 Å². The predicted molar refractivity (Wildman–Crippen MR) is 76.6 cm³/mol. The van der Waals surface area contributed by atoms with E-state index in [4.69, 9.17) is 5.14 Å². The summed E-state index contributed by atoms with van der Waals surface area (Å²) in [5, 5.41) is 11.1. The quantitative estimate of drug-likeness (QED) is 0.763. The third-order valence-electron chi connectivity index (χ3n) is 3.48. The molecule has 0 spiro atoms. The Balaban J connectivity index is 1.98. The van der Waals surface area contributed by atoms with Gasteiger partial charge in [-0.15, -0.1) is 0 Å². The van der Waals surface area contributed by atoms with Crippen molar-refractivity contribution in [1.82, 2.24) is 5.32 Å². The second-order valence-corrected chi connectivity index (χ2v) is 6.70. The molecule has 1 amide bonds. The minimum Gasteiger partial charge on any atom is -0.326 e. The van der Waals surface area contributed by atoms with E-state index in [0.29, 0.717) is 18.3 Å². The van der Waals surface area contributed by atoms with E-state index in [1.165, 1.54) is 24.3 Å². The molecule has 2 atom stereocenters. The lowest BCUT2D eigenvalue weighted by Gasteiger charge is -2.26. The SMILES string of the molecule is CC1CCC(C(=O)Nc2ccc(S(N)(=O)=O)cc2)CN1. The van der Waals surface area contributed by atoms with Crippen LogP contribution < -0.4 is 15.8 Å². The van der Waals surface area contributed by atoms with Crippen molar-refractivity contribution in [2.75, 3.05) is 11.9 Å². The number of benzene rings is 1. The Kier molecular flexibility index (Phi) is 4.42. The van der Waals surface area contributed by atoms with Gasteiger partial charge in [-0.1, -0.05) is 0 Å². The number of rotatable bonds is 3. The van der Waals surface area contributed by atoms with E-state index in [2.05, 4.69) is 17.6 Å². The first kappa shape index (κ1) is 15.0. The Morgan fingerprint density at radius 2 is 1.95 bits per heavy atom. The van der Waals surface area contributed by atoms with E-state index < -0.39 is 10.0 Å². The van der Waals surface area contributed by atoms with Gasteiger partial charge in [0.2, 0.25) is 15.9 Å². The van der Waals surface area contributed by atoms with Crippen molar-refractivity contribution in [1.29, 1.82) is 0 Å². The molecule has 20 heavy (non-hydrogen) atoms. The lowest BCUT2D eigenvalue weighted by atomic mass is 9.95. The van der Waals surface area contributed by atoms with Gasteiger partial charge in [-0.25, -0.2) is 13.6 Å². The minimum atomic E-state index is -3.70. The fraction of sp³-hybridized carbons (Fsp3) is 0.462. The Morgan fingerprint density at radius 1 is 1.30 bits per heavy atom. The minimum absolute atomic E-state index is 0.0312. The molecule has 0 radical (unpaired) electrons. The highest BCUT2D eigenvalue weighted by Crippen LogP contribution is 2.18. The van der Waals surface area contributed by atoms with Gasteiger partial charge in [0.15, 0.2) is 0 Å². The van der Waals surface area contributed by atoms with Gasteiger partial charge in [-0.05, 0) is 44.0 Å². The predicted octanol–water partition coefficient (Wildman–Crippen LogP) is 0.661. The van der Waals surface area contributed by atoms with Crippen molar-refractivity contribution in [2.24, 2.45) is 11.1 Å². The number of sulfonamides is 1. The number of piperidine rings is 1. The van der Waals surface area contributed by atoms with Gasteiger partial charge in [0.25, 0.3) is 0 Å². The fourth-order valence-electron chi connectivity index (χ4n) is 2.19. The highest BCUT2D eigenvalue weighted by atomic mass is 32.2. The second kappa shape index (κ2) is 5.90. The zero-order valence-electron chi connectivity index (χ0n) is 11.3. The van der Waals surface area contributed by atoms with Crippen molar-refractivity contribution in [3.8, 4) is 0 Å². The molecule has 7 heteroatoms. The molecular formula is C13H19N3O3S. The zero-order chi connectivity index (χ0) is 14.8. The zero-order valence-corrected chi connectivity index (χ0v) is 12.1. The number of carbonyl (C=O) groups is 1. The van der Waals surface area contributed by atoms with E-state index in [0.717, 1.165) is 12.8 Å². The van der Waals surface area contributed by atoms with Crippen LogP contribution in [0.25, 0.3) is 0 Å². The number of hydrogen-bond donors (Lipinski definition) is 3. The van der Waals surface area contributed by atoms with Crippen LogP contribution in [0.5, 0.6) is 0 Å². The molecule has 0 aromatic heterocycles. The molecular weight excluding hydrogens is 278 g/mol. The van der Waals surface area contributed by atoms with Gasteiger partial charge < -0.3 is 10.6 Å². The first-order valence-corrected chi connectivity index (χ1v) is 8.08. The standard InChI is InChI=1S/C13H19N3O3S/c1-9-2-3-10(8-15-9)13(17)16-11-4-6-12(7-5-11)20(14,18)19/h4-7,9-10,15H,2-3,8H2,1H3,(H,16,17)(H2,14,18,19). The van der Waals surface area contributed by atoms with Gasteiger partial charge in [0.1, 0.15) is 0 Å². The molecule has 1 aromatic rings. The topological polar surface area (TPSA) is 101 Å². The third-order valence-corrected chi connectivity index (χ3v) is 4.41. The molecule has 2 unspecified atom stereocenters. The van der Waals surface area contributed by atoms with Gasteiger partial charge in [0.05, 0.1) is 10.8 Å².